The second-order valence-corrected chi connectivity index (χ2v) is 1.03. The van der Waals surface area contributed by atoms with E-state index >= 15 is 0 Å². The summed E-state index contributed by atoms with van der Waals surface area (Å²) in [7, 11) is 0. The maximum Gasteiger partial charge on any atom is 0.243 e. The minimum absolute atomic E-state index is 0.394. The summed E-state index contributed by atoms with van der Waals surface area (Å²) < 4.78 is 21.8. The Morgan fingerprint density at radius 1 is 1.67 bits per heavy atom. The molecule has 3 heteroatoms. The fourth-order valence-corrected chi connectivity index (χ4v) is 0.189. The van der Waals surface area contributed by atoms with Crippen LogP contribution >= 0.6 is 12.2 Å². The summed E-state index contributed by atoms with van der Waals surface area (Å²) >= 11 is 4.00. The number of thiocarbonyl (C=S) groups is 1. The Kier molecular flexibility index (Phi) is 3.13. The van der Waals surface area contributed by atoms with Crippen molar-refractivity contribution in [2.24, 2.45) is 0 Å². The van der Waals surface area contributed by atoms with E-state index in [4.69, 9.17) is 0 Å². The van der Waals surface area contributed by atoms with Crippen molar-refractivity contribution in [1.82, 2.24) is 0 Å². The largest absolute Gasteiger partial charge is 0.243 e. The third-order valence-electron chi connectivity index (χ3n) is 0.238. The monoisotopic (exact) mass is 109 g/mol. The normalized spacial score (nSPS) is 9.17. The van der Waals surface area contributed by atoms with Crippen molar-refractivity contribution in [1.29, 1.82) is 0 Å². The van der Waals surface area contributed by atoms with Crippen LogP contribution in [0.5, 0.6) is 0 Å². The smallest absolute Gasteiger partial charge is 0.210 e. The molecule has 0 rings (SSSR count). The van der Waals surface area contributed by atoms with Gasteiger partial charge in [-0.25, -0.2) is 8.78 Å². The van der Waals surface area contributed by atoms with Gasteiger partial charge in [0.1, 0.15) is 0 Å². The zero-order valence-corrected chi connectivity index (χ0v) is 3.77. The Balaban J connectivity index is 2.81. The molecule has 0 atom stereocenters. The second-order valence-electron chi connectivity index (χ2n) is 0.740. The molecule has 35 valence electrons. The third-order valence-corrected chi connectivity index (χ3v) is 0.404. The van der Waals surface area contributed by atoms with E-state index in [9.17, 15) is 8.78 Å². The van der Waals surface area contributed by atoms with Crippen LogP contribution < -0.4 is 0 Å². The summed E-state index contributed by atoms with van der Waals surface area (Å²) in [5.74, 6) is 0. The number of rotatable bonds is 2. The standard InChI is InChI=1S/C3H3F2S/c4-3(5)1-2-6/h3H,1H2. The molecule has 0 aliphatic carbocycles. The van der Waals surface area contributed by atoms with Gasteiger partial charge in [-0.05, 0) is 0 Å². The summed E-state index contributed by atoms with van der Waals surface area (Å²) in [5, 5.41) is 1.90. The first-order valence-electron chi connectivity index (χ1n) is 1.40. The van der Waals surface area contributed by atoms with E-state index in [0.29, 0.717) is 0 Å². The van der Waals surface area contributed by atoms with Gasteiger partial charge in [-0.2, -0.15) is 0 Å². The Morgan fingerprint density at radius 3 is 2.17 bits per heavy atom. The molecule has 0 spiro atoms. The highest BCUT2D eigenvalue weighted by Gasteiger charge is 1.95. The summed E-state index contributed by atoms with van der Waals surface area (Å²) in [4.78, 5) is 0. The highest BCUT2D eigenvalue weighted by molar-refractivity contribution is 7.78. The van der Waals surface area contributed by atoms with Gasteiger partial charge in [0, 0.05) is 11.8 Å². The summed E-state index contributed by atoms with van der Waals surface area (Å²) in [6.07, 6.45) is -2.71. The predicted octanol–water partition coefficient (Wildman–Crippen LogP) is 1.52. The lowest BCUT2D eigenvalue weighted by Gasteiger charge is -1.82. The molecule has 0 saturated heterocycles. The topological polar surface area (TPSA) is 0 Å². The molecule has 0 amide bonds. The molecule has 0 N–H and O–H groups in total. The fourth-order valence-electron chi connectivity index (χ4n) is 0.0630. The van der Waals surface area contributed by atoms with Gasteiger partial charge in [0.05, 0.1) is 0 Å². The van der Waals surface area contributed by atoms with E-state index in [2.05, 4.69) is 12.2 Å². The molecule has 0 aromatic rings. The lowest BCUT2D eigenvalue weighted by Crippen LogP contribution is -1.86. The maximum absolute atomic E-state index is 10.9. The zero-order valence-electron chi connectivity index (χ0n) is 2.95. The molecule has 0 nitrogen and oxygen atoms in total. The van der Waals surface area contributed by atoms with Crippen molar-refractivity contribution in [2.45, 2.75) is 12.8 Å². The van der Waals surface area contributed by atoms with Crippen molar-refractivity contribution >= 4 is 17.6 Å². The molecule has 0 aromatic carbocycles. The van der Waals surface area contributed by atoms with Crippen LogP contribution in [0.15, 0.2) is 0 Å². The van der Waals surface area contributed by atoms with E-state index < -0.39 is 12.8 Å². The zero-order chi connectivity index (χ0) is 4.99. The van der Waals surface area contributed by atoms with Gasteiger partial charge in [-0.3, -0.25) is 0 Å². The molecule has 6 heavy (non-hydrogen) atoms. The van der Waals surface area contributed by atoms with Crippen molar-refractivity contribution in [3.63, 3.8) is 0 Å². The molecule has 1 radical (unpaired) electrons. The van der Waals surface area contributed by atoms with E-state index in [-0.39, 0.29) is 0 Å². The second kappa shape index (κ2) is 3.15. The molecule has 0 fully saturated rings. The van der Waals surface area contributed by atoms with Gasteiger partial charge in [0.25, 0.3) is 0 Å². The number of halogens is 2. The first kappa shape index (κ1) is 5.95. The third kappa shape index (κ3) is 3.95. The molecular weight excluding hydrogens is 106 g/mol. The summed E-state index contributed by atoms with van der Waals surface area (Å²) in [6, 6.07) is 0. The van der Waals surface area contributed by atoms with E-state index in [1.165, 1.54) is 0 Å². The Hall–Kier alpha value is -0.0500. The number of alkyl halides is 2. The van der Waals surface area contributed by atoms with Crippen LogP contribution in [0.25, 0.3) is 0 Å². The molecule has 0 heterocycles. The average molecular weight is 109 g/mol. The molecule has 0 unspecified atom stereocenters. The van der Waals surface area contributed by atoms with Gasteiger partial charge < -0.3 is 0 Å². The molecule has 0 aromatic heterocycles. The van der Waals surface area contributed by atoms with E-state index in [1.54, 1.807) is 0 Å². The van der Waals surface area contributed by atoms with Crippen LogP contribution in [0, 0.1) is 0 Å². The number of hydrogen-bond acceptors (Lipinski definition) is 1. The number of hydrogen-bond donors (Lipinski definition) is 0. The van der Waals surface area contributed by atoms with E-state index in [1.807, 2.05) is 5.37 Å². The average Bonchev–Trinajstić information content (AvgIpc) is 1.35. The van der Waals surface area contributed by atoms with Gasteiger partial charge in [0.15, 0.2) is 0 Å². The van der Waals surface area contributed by atoms with Crippen LogP contribution in [0.2, 0.25) is 0 Å². The molecule has 0 bridgehead atoms. The molecular formula is C3H3F2S. The minimum atomic E-state index is -2.32. The van der Waals surface area contributed by atoms with Gasteiger partial charge >= 0.3 is 0 Å². The molecule has 0 saturated carbocycles. The van der Waals surface area contributed by atoms with Crippen LogP contribution in [-0.2, 0) is 0 Å². The van der Waals surface area contributed by atoms with E-state index in [0.717, 1.165) is 0 Å². The van der Waals surface area contributed by atoms with Crippen molar-refractivity contribution < 1.29 is 8.78 Å². The predicted molar refractivity (Wildman–Crippen MR) is 23.2 cm³/mol. The van der Waals surface area contributed by atoms with Crippen molar-refractivity contribution in [2.75, 3.05) is 0 Å². The molecule has 0 aliphatic rings. The molecule has 0 aliphatic heterocycles. The Bertz CT molecular complexity index is 44.1. The Morgan fingerprint density at radius 2 is 2.17 bits per heavy atom. The lowest BCUT2D eigenvalue weighted by atomic mass is 10.5. The fraction of sp³-hybridized carbons (Fsp3) is 0.667. The first-order valence-corrected chi connectivity index (χ1v) is 1.81. The van der Waals surface area contributed by atoms with Gasteiger partial charge in [0.2, 0.25) is 6.43 Å². The van der Waals surface area contributed by atoms with Crippen molar-refractivity contribution in [3.8, 4) is 0 Å². The maximum atomic E-state index is 10.9. The van der Waals surface area contributed by atoms with Crippen LogP contribution in [0.3, 0.4) is 0 Å². The summed E-state index contributed by atoms with van der Waals surface area (Å²) in [5.41, 5.74) is 0. The van der Waals surface area contributed by atoms with Crippen molar-refractivity contribution in [3.05, 3.63) is 0 Å². The lowest BCUT2D eigenvalue weighted by molar-refractivity contribution is 0.159. The highest BCUT2D eigenvalue weighted by atomic mass is 32.1. The first-order chi connectivity index (χ1) is 2.77. The SMILES string of the molecule is FC(F)C[C]=S. The minimum Gasteiger partial charge on any atom is -0.210 e. The van der Waals surface area contributed by atoms with Gasteiger partial charge in [-0.1, -0.05) is 12.2 Å². The van der Waals surface area contributed by atoms with Crippen LogP contribution in [0.4, 0.5) is 8.78 Å². The quantitative estimate of drug-likeness (QED) is 0.484. The summed E-state index contributed by atoms with van der Waals surface area (Å²) in [6.45, 7) is 0. The van der Waals surface area contributed by atoms with Crippen LogP contribution in [0.1, 0.15) is 6.42 Å². The van der Waals surface area contributed by atoms with Gasteiger partial charge in [-0.15, -0.1) is 0 Å². The highest BCUT2D eigenvalue weighted by Crippen LogP contribution is 1.93. The Labute approximate surface area is 40.2 Å². The van der Waals surface area contributed by atoms with Crippen LogP contribution in [-0.4, -0.2) is 11.8 Å².